The first-order valence-corrected chi connectivity index (χ1v) is 11.6. The van der Waals surface area contributed by atoms with Gasteiger partial charge < -0.3 is 0 Å². The fraction of sp³-hybridized carbons (Fsp3) is 0.138. The molecule has 0 unspecified atom stereocenters. The van der Waals surface area contributed by atoms with E-state index in [1.807, 2.05) is 11.8 Å². The van der Waals surface area contributed by atoms with Gasteiger partial charge in [0, 0.05) is 22.0 Å². The summed E-state index contributed by atoms with van der Waals surface area (Å²) in [6.07, 6.45) is 15.8. The Morgan fingerprint density at radius 2 is 1.42 bits per heavy atom. The van der Waals surface area contributed by atoms with E-state index >= 15 is 0 Å². The largest absolute Gasteiger partial charge is 0.235 e. The lowest BCUT2D eigenvalue weighted by Gasteiger charge is -2.21. The minimum Gasteiger partial charge on any atom is -0.235 e. The standard InChI is InChI=1S/C29H26NS/c1-30(2)25-16-13-21(14-17-25)19-24-15-18-26-27(22-9-5-3-6-10-22)20-28(31-29(24)26)23-11-7-4-8-12-23/h3-14,16-17,19-20H,15,18H2,1-2H3/q+1. The molecule has 0 saturated carbocycles. The highest BCUT2D eigenvalue weighted by molar-refractivity contribution is 8.12. The van der Waals surface area contributed by atoms with Crippen LogP contribution in [0.1, 0.15) is 24.0 Å². The maximum absolute atomic E-state index is 2.39. The van der Waals surface area contributed by atoms with E-state index in [9.17, 15) is 0 Å². The summed E-state index contributed by atoms with van der Waals surface area (Å²) in [5.74, 6) is 0. The normalized spacial score (nSPS) is 17.8. The number of thioether (sulfide) groups is 1. The van der Waals surface area contributed by atoms with Crippen LogP contribution in [0.3, 0.4) is 0 Å². The molecular weight excluding hydrogens is 394 g/mol. The number of fused-ring (bicyclic) bond motifs is 1. The second kappa shape index (κ2) is 8.56. The zero-order valence-electron chi connectivity index (χ0n) is 18.0. The third kappa shape index (κ3) is 4.08. The highest BCUT2D eigenvalue weighted by Crippen LogP contribution is 2.52. The number of hydrogen-bond donors (Lipinski definition) is 0. The molecule has 0 spiro atoms. The Balaban J connectivity index is 1.60. The van der Waals surface area contributed by atoms with Crippen molar-refractivity contribution in [1.29, 1.82) is 0 Å². The van der Waals surface area contributed by atoms with Crippen LogP contribution in [0.4, 0.5) is 0 Å². The molecule has 3 aliphatic rings. The fourth-order valence-electron chi connectivity index (χ4n) is 4.25. The number of rotatable bonds is 3. The zero-order chi connectivity index (χ0) is 21.2. The van der Waals surface area contributed by atoms with Crippen LogP contribution in [0.25, 0.3) is 10.5 Å². The number of allylic oxidation sites excluding steroid dienone is 10. The summed E-state index contributed by atoms with van der Waals surface area (Å²) in [7, 11) is 4.16. The Labute approximate surface area is 189 Å². The second-order valence-electron chi connectivity index (χ2n) is 8.22. The first kappa shape index (κ1) is 19.8. The molecule has 152 valence electrons. The zero-order valence-corrected chi connectivity index (χ0v) is 18.8. The van der Waals surface area contributed by atoms with Crippen molar-refractivity contribution in [1.82, 2.24) is 0 Å². The van der Waals surface area contributed by atoms with Crippen LogP contribution >= 0.6 is 11.8 Å². The summed E-state index contributed by atoms with van der Waals surface area (Å²) >= 11 is 1.93. The summed E-state index contributed by atoms with van der Waals surface area (Å²) in [6, 6.07) is 21.6. The van der Waals surface area contributed by atoms with Gasteiger partial charge in [0.05, 0.1) is 0 Å². The Hall–Kier alpha value is -3.10. The van der Waals surface area contributed by atoms with Gasteiger partial charge in [-0.3, -0.25) is 0 Å². The molecule has 0 N–H and O–H groups in total. The van der Waals surface area contributed by atoms with Gasteiger partial charge in [-0.2, -0.15) is 0 Å². The first-order chi connectivity index (χ1) is 15.2. The van der Waals surface area contributed by atoms with Crippen molar-refractivity contribution >= 4 is 28.0 Å². The summed E-state index contributed by atoms with van der Waals surface area (Å²) < 4.78 is 2.14. The van der Waals surface area contributed by atoms with Gasteiger partial charge in [0.15, 0.2) is 5.71 Å². The van der Waals surface area contributed by atoms with Gasteiger partial charge >= 0.3 is 0 Å². The average Bonchev–Trinajstić information content (AvgIpc) is 3.22. The topological polar surface area (TPSA) is 3.01 Å². The molecule has 2 aliphatic carbocycles. The molecule has 0 atom stereocenters. The number of hydrogen-bond acceptors (Lipinski definition) is 1. The van der Waals surface area contributed by atoms with Crippen molar-refractivity contribution in [3.8, 4) is 0 Å². The van der Waals surface area contributed by atoms with Crippen molar-refractivity contribution in [3.63, 3.8) is 0 Å². The molecule has 0 amide bonds. The van der Waals surface area contributed by atoms with Crippen LogP contribution in [0.5, 0.6) is 0 Å². The first-order valence-electron chi connectivity index (χ1n) is 10.8. The molecule has 1 aliphatic heterocycles. The number of nitrogens with zero attached hydrogens (tertiary/aromatic N) is 1. The fourth-order valence-corrected chi connectivity index (χ4v) is 5.53. The van der Waals surface area contributed by atoms with Crippen LogP contribution in [-0.4, -0.2) is 24.4 Å². The quantitative estimate of drug-likeness (QED) is 0.481. The smallest absolute Gasteiger partial charge is 0.199 e. The van der Waals surface area contributed by atoms with Gasteiger partial charge in [0.2, 0.25) is 0 Å². The van der Waals surface area contributed by atoms with Crippen molar-refractivity contribution in [2.45, 2.75) is 12.8 Å². The van der Waals surface area contributed by atoms with Gasteiger partial charge in [-0.25, -0.2) is 4.58 Å². The van der Waals surface area contributed by atoms with E-state index in [1.165, 1.54) is 48.9 Å². The molecule has 0 aromatic heterocycles. The molecule has 2 aromatic carbocycles. The molecular formula is C29H26NS+. The maximum Gasteiger partial charge on any atom is 0.199 e. The van der Waals surface area contributed by atoms with Crippen LogP contribution in [-0.2, 0) is 0 Å². The van der Waals surface area contributed by atoms with E-state index in [4.69, 9.17) is 0 Å². The predicted octanol–water partition coefficient (Wildman–Crippen LogP) is 7.04. The summed E-state index contributed by atoms with van der Waals surface area (Å²) in [5, 5.41) is 0. The Kier molecular flexibility index (Phi) is 5.48. The van der Waals surface area contributed by atoms with E-state index in [1.54, 1.807) is 0 Å². The SMILES string of the molecule is C[N+](C)=C1C=CC(=CC2=C3SC(c4ccccc4)=CC(c4ccccc4)=C3CC2)C=C1. The summed E-state index contributed by atoms with van der Waals surface area (Å²) in [6.45, 7) is 0. The van der Waals surface area contributed by atoms with E-state index in [-0.39, 0.29) is 0 Å². The van der Waals surface area contributed by atoms with Crippen molar-refractivity contribution in [3.05, 3.63) is 130 Å². The highest BCUT2D eigenvalue weighted by atomic mass is 32.2. The lowest BCUT2D eigenvalue weighted by molar-refractivity contribution is -0.462. The Morgan fingerprint density at radius 1 is 0.774 bits per heavy atom. The molecule has 1 heterocycles. The molecule has 31 heavy (non-hydrogen) atoms. The summed E-state index contributed by atoms with van der Waals surface area (Å²) in [4.78, 5) is 2.77. The maximum atomic E-state index is 2.39. The lowest BCUT2D eigenvalue weighted by atomic mass is 9.97. The van der Waals surface area contributed by atoms with E-state index in [0.717, 1.165) is 12.8 Å². The molecule has 0 bridgehead atoms. The van der Waals surface area contributed by atoms with Crippen molar-refractivity contribution < 1.29 is 4.58 Å². The molecule has 0 saturated heterocycles. The van der Waals surface area contributed by atoms with Crippen LogP contribution in [0.15, 0.2) is 119 Å². The highest BCUT2D eigenvalue weighted by Gasteiger charge is 2.27. The molecule has 0 radical (unpaired) electrons. The number of benzene rings is 2. The Bertz CT molecular complexity index is 1210. The van der Waals surface area contributed by atoms with Crippen LogP contribution < -0.4 is 0 Å². The molecule has 2 heteroatoms. The molecule has 0 fully saturated rings. The second-order valence-corrected chi connectivity index (χ2v) is 9.27. The summed E-state index contributed by atoms with van der Waals surface area (Å²) in [5.41, 5.74) is 9.41. The van der Waals surface area contributed by atoms with Gasteiger partial charge in [0.25, 0.3) is 0 Å². The Morgan fingerprint density at radius 3 is 2.06 bits per heavy atom. The lowest BCUT2D eigenvalue weighted by Crippen LogP contribution is -2.09. The minimum absolute atomic E-state index is 1.10. The third-order valence-corrected chi connectivity index (χ3v) is 7.20. The van der Waals surface area contributed by atoms with Crippen LogP contribution in [0, 0.1) is 0 Å². The van der Waals surface area contributed by atoms with Gasteiger partial charge in [0.1, 0.15) is 14.1 Å². The van der Waals surface area contributed by atoms with Gasteiger partial charge in [-0.1, -0.05) is 78.5 Å². The van der Waals surface area contributed by atoms with Crippen molar-refractivity contribution in [2.24, 2.45) is 0 Å². The average molecular weight is 421 g/mol. The minimum atomic E-state index is 1.10. The predicted molar refractivity (Wildman–Crippen MR) is 135 cm³/mol. The molecule has 1 nitrogen and oxygen atoms in total. The monoisotopic (exact) mass is 420 g/mol. The van der Waals surface area contributed by atoms with Gasteiger partial charge in [-0.15, -0.1) is 0 Å². The molecule has 5 rings (SSSR count). The van der Waals surface area contributed by atoms with Crippen molar-refractivity contribution in [2.75, 3.05) is 14.1 Å². The van der Waals surface area contributed by atoms with E-state index in [0.29, 0.717) is 0 Å². The third-order valence-electron chi connectivity index (χ3n) is 5.92. The molecule has 2 aromatic rings. The van der Waals surface area contributed by atoms with Crippen LogP contribution in [0.2, 0.25) is 0 Å². The van der Waals surface area contributed by atoms with E-state index < -0.39 is 0 Å². The van der Waals surface area contributed by atoms with E-state index in [2.05, 4.69) is 116 Å². The van der Waals surface area contributed by atoms with Gasteiger partial charge in [-0.05, 0) is 64.5 Å².